The number of amides is 2. The molecule has 2 aromatic rings. The highest BCUT2D eigenvalue weighted by Gasteiger charge is 2.44. The van der Waals surface area contributed by atoms with E-state index in [9.17, 15) is 14.3 Å². The second-order valence-corrected chi connectivity index (χ2v) is 5.60. The summed E-state index contributed by atoms with van der Waals surface area (Å²) >= 11 is 0. The highest BCUT2D eigenvalue weighted by molar-refractivity contribution is 5.90. The first-order valence-corrected chi connectivity index (χ1v) is 7.52. The lowest BCUT2D eigenvalue weighted by atomic mass is 9.88. The molecule has 0 bridgehead atoms. The predicted molar refractivity (Wildman–Crippen MR) is 84.4 cm³/mol. The lowest BCUT2D eigenvalue weighted by molar-refractivity contribution is 0.0885. The number of benzene rings is 1. The lowest BCUT2D eigenvalue weighted by Gasteiger charge is -2.37. The monoisotopic (exact) mass is 315 g/mol. The Balaban J connectivity index is 1.88. The van der Waals surface area contributed by atoms with Gasteiger partial charge in [0.05, 0.1) is 24.0 Å². The van der Waals surface area contributed by atoms with Crippen LogP contribution in [0.5, 0.6) is 0 Å². The molecule has 2 N–H and O–H groups in total. The molecular formula is C17H18FN3O2. The number of aromatic nitrogens is 1. The molecule has 1 aromatic heterocycles. The van der Waals surface area contributed by atoms with E-state index in [0.29, 0.717) is 13.0 Å². The number of anilines is 1. The molecule has 6 heteroatoms. The van der Waals surface area contributed by atoms with Gasteiger partial charge in [0.1, 0.15) is 0 Å². The number of pyridine rings is 1. The summed E-state index contributed by atoms with van der Waals surface area (Å²) in [6, 6.07) is 10.4. The van der Waals surface area contributed by atoms with Crippen LogP contribution in [0.1, 0.15) is 18.4 Å². The van der Waals surface area contributed by atoms with Gasteiger partial charge in [-0.1, -0.05) is 30.3 Å². The van der Waals surface area contributed by atoms with E-state index in [2.05, 4.69) is 10.3 Å². The van der Waals surface area contributed by atoms with E-state index < -0.39 is 17.4 Å². The summed E-state index contributed by atoms with van der Waals surface area (Å²) < 4.78 is 13.7. The Labute approximate surface area is 133 Å². The molecule has 1 aromatic carbocycles. The van der Waals surface area contributed by atoms with Crippen molar-refractivity contribution in [2.75, 3.05) is 18.5 Å². The van der Waals surface area contributed by atoms with Crippen LogP contribution < -0.4 is 5.32 Å². The van der Waals surface area contributed by atoms with Crippen LogP contribution in [-0.2, 0) is 5.54 Å². The number of hydrogen-bond donors (Lipinski definition) is 2. The van der Waals surface area contributed by atoms with Crippen molar-refractivity contribution in [2.45, 2.75) is 18.4 Å². The van der Waals surface area contributed by atoms with E-state index in [1.165, 1.54) is 12.3 Å². The fraction of sp³-hybridized carbons (Fsp3) is 0.294. The maximum absolute atomic E-state index is 13.7. The minimum absolute atomic E-state index is 0.0804. The normalized spacial score (nSPS) is 20.5. The van der Waals surface area contributed by atoms with E-state index in [1.54, 1.807) is 4.90 Å². The SMILES string of the molecule is O=C(Nc1ccncc1F)N1CCCC1(CO)c1ccccc1. The van der Waals surface area contributed by atoms with Crippen LogP contribution >= 0.6 is 0 Å². The van der Waals surface area contributed by atoms with Crippen LogP contribution in [0, 0.1) is 5.82 Å². The standard InChI is InChI=1S/C17H18FN3O2/c18-14-11-19-9-7-15(14)20-16(23)21-10-4-8-17(21,12-22)13-5-2-1-3-6-13/h1-3,5-7,9,11,22H,4,8,10,12H2,(H,19,20,23). The van der Waals surface area contributed by atoms with Gasteiger partial charge in [0, 0.05) is 12.7 Å². The molecule has 1 saturated heterocycles. The van der Waals surface area contributed by atoms with Crippen LogP contribution in [-0.4, -0.2) is 34.2 Å². The van der Waals surface area contributed by atoms with Crippen molar-refractivity contribution in [3.63, 3.8) is 0 Å². The number of urea groups is 1. The molecule has 2 heterocycles. The summed E-state index contributed by atoms with van der Waals surface area (Å²) in [6.45, 7) is 0.331. The highest BCUT2D eigenvalue weighted by atomic mass is 19.1. The molecule has 3 rings (SSSR count). The fourth-order valence-electron chi connectivity index (χ4n) is 3.14. The van der Waals surface area contributed by atoms with Crippen molar-refractivity contribution in [1.82, 2.24) is 9.88 Å². The number of aliphatic hydroxyl groups excluding tert-OH is 1. The number of likely N-dealkylation sites (tertiary alicyclic amines) is 1. The number of carbonyl (C=O) groups excluding carboxylic acids is 1. The van der Waals surface area contributed by atoms with Gasteiger partial charge in [-0.15, -0.1) is 0 Å². The summed E-state index contributed by atoms with van der Waals surface area (Å²) in [5.74, 6) is -0.589. The zero-order chi connectivity index (χ0) is 16.3. The number of aliphatic hydroxyl groups is 1. The summed E-state index contributed by atoms with van der Waals surface area (Å²) in [5.41, 5.74) is 0.191. The minimum Gasteiger partial charge on any atom is -0.394 e. The molecule has 0 aliphatic carbocycles. The van der Waals surface area contributed by atoms with Gasteiger partial charge >= 0.3 is 6.03 Å². The highest BCUT2D eigenvalue weighted by Crippen LogP contribution is 2.38. The number of nitrogens with zero attached hydrogens (tertiary/aromatic N) is 2. The first kappa shape index (κ1) is 15.4. The third kappa shape index (κ3) is 2.77. The van der Waals surface area contributed by atoms with E-state index in [0.717, 1.165) is 18.2 Å². The van der Waals surface area contributed by atoms with Crippen LogP contribution in [0.4, 0.5) is 14.9 Å². The Morgan fingerprint density at radius 1 is 1.35 bits per heavy atom. The van der Waals surface area contributed by atoms with Crippen LogP contribution in [0.3, 0.4) is 0 Å². The Kier molecular flexibility index (Phi) is 4.25. The molecular weight excluding hydrogens is 297 g/mol. The maximum atomic E-state index is 13.7. The molecule has 0 saturated carbocycles. The zero-order valence-electron chi connectivity index (χ0n) is 12.6. The Morgan fingerprint density at radius 2 is 2.13 bits per heavy atom. The van der Waals surface area contributed by atoms with Crippen molar-refractivity contribution < 1.29 is 14.3 Å². The van der Waals surface area contributed by atoms with Crippen molar-refractivity contribution in [1.29, 1.82) is 0 Å². The average molecular weight is 315 g/mol. The third-order valence-electron chi connectivity index (χ3n) is 4.32. The molecule has 1 aliphatic heterocycles. The van der Waals surface area contributed by atoms with Gasteiger partial charge in [-0.05, 0) is 24.5 Å². The molecule has 0 spiro atoms. The van der Waals surface area contributed by atoms with Crippen molar-refractivity contribution >= 4 is 11.7 Å². The molecule has 0 radical (unpaired) electrons. The largest absolute Gasteiger partial charge is 0.394 e. The second-order valence-electron chi connectivity index (χ2n) is 5.60. The molecule has 1 unspecified atom stereocenters. The molecule has 2 amide bonds. The quantitative estimate of drug-likeness (QED) is 0.915. The summed E-state index contributed by atoms with van der Waals surface area (Å²) in [6.07, 6.45) is 3.91. The molecule has 1 aliphatic rings. The zero-order valence-corrected chi connectivity index (χ0v) is 12.6. The number of carbonyl (C=O) groups is 1. The topological polar surface area (TPSA) is 65.5 Å². The average Bonchev–Trinajstić information content (AvgIpc) is 3.03. The summed E-state index contributed by atoms with van der Waals surface area (Å²) in [7, 11) is 0. The first-order valence-electron chi connectivity index (χ1n) is 7.52. The van der Waals surface area contributed by atoms with Gasteiger partial charge in [0.2, 0.25) is 0 Å². The number of hydrogen-bond acceptors (Lipinski definition) is 3. The van der Waals surface area contributed by atoms with Crippen LogP contribution in [0.25, 0.3) is 0 Å². The van der Waals surface area contributed by atoms with Gasteiger partial charge in [0.25, 0.3) is 0 Å². The van der Waals surface area contributed by atoms with Crippen molar-refractivity contribution in [3.05, 3.63) is 60.2 Å². The van der Waals surface area contributed by atoms with Gasteiger partial charge in [-0.2, -0.15) is 0 Å². The summed E-state index contributed by atoms with van der Waals surface area (Å²) in [4.78, 5) is 17.9. The number of halogens is 1. The van der Waals surface area contributed by atoms with Crippen LogP contribution in [0.2, 0.25) is 0 Å². The Bertz CT molecular complexity index is 695. The van der Waals surface area contributed by atoms with Crippen molar-refractivity contribution in [2.24, 2.45) is 0 Å². The first-order chi connectivity index (χ1) is 11.2. The second kappa shape index (κ2) is 6.34. The Hall–Kier alpha value is -2.47. The molecule has 23 heavy (non-hydrogen) atoms. The number of rotatable bonds is 3. The minimum atomic E-state index is -0.769. The molecule has 5 nitrogen and oxygen atoms in total. The molecule has 1 fully saturated rings. The van der Waals surface area contributed by atoms with Crippen molar-refractivity contribution in [3.8, 4) is 0 Å². The molecule has 120 valence electrons. The van der Waals surface area contributed by atoms with E-state index in [1.807, 2.05) is 30.3 Å². The van der Waals surface area contributed by atoms with E-state index in [-0.39, 0.29) is 12.3 Å². The summed E-state index contributed by atoms with van der Waals surface area (Å²) in [5, 5.41) is 12.6. The van der Waals surface area contributed by atoms with Gasteiger partial charge < -0.3 is 15.3 Å². The predicted octanol–water partition coefficient (Wildman–Crippen LogP) is 2.74. The third-order valence-corrected chi connectivity index (χ3v) is 4.32. The van der Waals surface area contributed by atoms with Crippen LogP contribution in [0.15, 0.2) is 48.8 Å². The molecule has 1 atom stereocenters. The van der Waals surface area contributed by atoms with E-state index in [4.69, 9.17) is 0 Å². The smallest absolute Gasteiger partial charge is 0.322 e. The van der Waals surface area contributed by atoms with Gasteiger partial charge in [0.15, 0.2) is 5.82 Å². The lowest BCUT2D eigenvalue weighted by Crippen LogP contribution is -2.49. The number of nitrogens with one attached hydrogen (secondary N) is 1. The maximum Gasteiger partial charge on any atom is 0.322 e. The van der Waals surface area contributed by atoms with Gasteiger partial charge in [-0.3, -0.25) is 4.98 Å². The Morgan fingerprint density at radius 3 is 2.83 bits per heavy atom. The van der Waals surface area contributed by atoms with Gasteiger partial charge in [-0.25, -0.2) is 9.18 Å². The van der Waals surface area contributed by atoms with E-state index >= 15 is 0 Å². The fourth-order valence-corrected chi connectivity index (χ4v) is 3.14.